The van der Waals surface area contributed by atoms with E-state index in [4.69, 9.17) is 9.97 Å². The van der Waals surface area contributed by atoms with Crippen LogP contribution in [-0.4, -0.2) is 48.6 Å². The Morgan fingerprint density at radius 1 is 1.13 bits per heavy atom. The molecule has 1 saturated heterocycles. The molecule has 31 heavy (non-hydrogen) atoms. The number of nitrogens with zero attached hydrogens (tertiary/aromatic N) is 5. The molecule has 7 heteroatoms. The highest BCUT2D eigenvalue weighted by atomic mass is 16.2. The van der Waals surface area contributed by atoms with E-state index in [-0.39, 0.29) is 11.8 Å². The fourth-order valence-corrected chi connectivity index (χ4v) is 4.94. The summed E-state index contributed by atoms with van der Waals surface area (Å²) in [5.74, 6) is 1.78. The predicted molar refractivity (Wildman–Crippen MR) is 119 cm³/mol. The third-order valence-electron chi connectivity index (χ3n) is 6.72. The van der Waals surface area contributed by atoms with Crippen LogP contribution < -0.4 is 0 Å². The molecule has 158 valence electrons. The number of imidazole rings is 1. The lowest BCUT2D eigenvalue weighted by Gasteiger charge is -2.32. The molecule has 1 atom stereocenters. The summed E-state index contributed by atoms with van der Waals surface area (Å²) in [6.45, 7) is 3.42. The molecule has 6 rings (SSSR count). The normalized spacial score (nSPS) is 19.4. The lowest BCUT2D eigenvalue weighted by atomic mass is 9.96. The second-order valence-corrected chi connectivity index (χ2v) is 9.01. The van der Waals surface area contributed by atoms with Gasteiger partial charge in [0.05, 0.1) is 27.7 Å². The van der Waals surface area contributed by atoms with Crippen LogP contribution in [0.2, 0.25) is 0 Å². The Bertz CT molecular complexity index is 1280. The van der Waals surface area contributed by atoms with Gasteiger partial charge in [-0.1, -0.05) is 12.1 Å². The Kier molecular flexibility index (Phi) is 4.13. The van der Waals surface area contributed by atoms with Crippen molar-refractivity contribution in [2.24, 2.45) is 7.05 Å². The molecule has 1 amide bonds. The molecule has 0 bridgehead atoms. The maximum absolute atomic E-state index is 13.7. The molecule has 1 N–H and O–H groups in total. The smallest absolute Gasteiger partial charge is 0.254 e. The van der Waals surface area contributed by atoms with Crippen LogP contribution in [0.25, 0.3) is 22.1 Å². The fourth-order valence-electron chi connectivity index (χ4n) is 4.94. The number of aromatic nitrogens is 5. The highest BCUT2D eigenvalue weighted by molar-refractivity contribution is 6.06. The van der Waals surface area contributed by atoms with Gasteiger partial charge >= 0.3 is 0 Å². The van der Waals surface area contributed by atoms with Crippen LogP contribution in [0.3, 0.4) is 0 Å². The number of hydrogen-bond acceptors (Lipinski definition) is 4. The number of likely N-dealkylation sites (tertiary alicyclic amines) is 1. The molecule has 2 fully saturated rings. The number of carbonyl (C=O) groups excluding carboxylic acids is 1. The van der Waals surface area contributed by atoms with E-state index in [1.807, 2.05) is 43.1 Å². The zero-order valence-electron chi connectivity index (χ0n) is 17.9. The lowest BCUT2D eigenvalue weighted by molar-refractivity contribution is 0.0706. The quantitative estimate of drug-likeness (QED) is 0.548. The van der Waals surface area contributed by atoms with Crippen molar-refractivity contribution in [1.29, 1.82) is 0 Å². The number of amides is 1. The van der Waals surface area contributed by atoms with Gasteiger partial charge in [0, 0.05) is 37.7 Å². The molecule has 0 spiro atoms. The van der Waals surface area contributed by atoms with Crippen molar-refractivity contribution >= 4 is 28.0 Å². The van der Waals surface area contributed by atoms with E-state index in [0.717, 1.165) is 77.1 Å². The number of aryl methyl sites for hydroxylation is 2. The number of para-hydroxylation sites is 2. The van der Waals surface area contributed by atoms with E-state index in [0.29, 0.717) is 12.5 Å². The molecule has 1 aliphatic carbocycles. The van der Waals surface area contributed by atoms with Gasteiger partial charge < -0.3 is 9.88 Å². The minimum Gasteiger partial charge on any atom is -0.342 e. The van der Waals surface area contributed by atoms with Crippen LogP contribution in [0, 0.1) is 6.92 Å². The summed E-state index contributed by atoms with van der Waals surface area (Å²) in [7, 11) is 1.91. The number of piperidine rings is 1. The lowest BCUT2D eigenvalue weighted by Crippen LogP contribution is -2.39. The standard InChI is InChI=1S/C24H26N6O/c1-14-21-17(12-20(15-9-10-15)27-23(21)29(2)28-14)24(31)30-11-5-6-16(13-30)22-25-18-7-3-4-8-19(18)26-22/h3-4,7-8,12,15-16H,5-6,9-11,13H2,1-2H3,(H,25,26)/t16-/m0/s1. The second-order valence-electron chi connectivity index (χ2n) is 9.01. The molecule has 0 unspecified atom stereocenters. The van der Waals surface area contributed by atoms with Crippen molar-refractivity contribution < 1.29 is 4.79 Å². The molecule has 4 aromatic rings. The van der Waals surface area contributed by atoms with Gasteiger partial charge in [-0.25, -0.2) is 9.97 Å². The van der Waals surface area contributed by atoms with Gasteiger partial charge in [-0.05, 0) is 50.8 Å². The summed E-state index contributed by atoms with van der Waals surface area (Å²) in [6.07, 6.45) is 4.32. The van der Waals surface area contributed by atoms with Crippen LogP contribution in [0.5, 0.6) is 0 Å². The summed E-state index contributed by atoms with van der Waals surface area (Å²) in [5.41, 5.74) is 5.50. The average molecular weight is 415 g/mol. The van der Waals surface area contributed by atoms with Crippen LogP contribution in [0.15, 0.2) is 30.3 Å². The number of nitrogens with one attached hydrogen (secondary N) is 1. The Hall–Kier alpha value is -3.22. The Morgan fingerprint density at radius 3 is 2.77 bits per heavy atom. The average Bonchev–Trinajstić information content (AvgIpc) is 3.49. The van der Waals surface area contributed by atoms with Gasteiger partial charge in [-0.2, -0.15) is 5.10 Å². The summed E-state index contributed by atoms with van der Waals surface area (Å²) in [6, 6.07) is 10.1. The molecule has 2 aliphatic rings. The topological polar surface area (TPSA) is 79.7 Å². The summed E-state index contributed by atoms with van der Waals surface area (Å²) >= 11 is 0. The fraction of sp³-hybridized carbons (Fsp3) is 0.417. The van der Waals surface area contributed by atoms with Gasteiger partial charge in [0.1, 0.15) is 5.82 Å². The zero-order chi connectivity index (χ0) is 21.1. The van der Waals surface area contributed by atoms with E-state index in [2.05, 4.69) is 16.1 Å². The molecule has 1 saturated carbocycles. The van der Waals surface area contributed by atoms with E-state index < -0.39 is 0 Å². The van der Waals surface area contributed by atoms with Gasteiger partial charge in [0.2, 0.25) is 0 Å². The monoisotopic (exact) mass is 414 g/mol. The third kappa shape index (κ3) is 3.10. The maximum atomic E-state index is 13.7. The van der Waals surface area contributed by atoms with Crippen molar-refractivity contribution in [3.05, 3.63) is 53.1 Å². The maximum Gasteiger partial charge on any atom is 0.254 e. The SMILES string of the molecule is Cc1nn(C)c2nc(C3CC3)cc(C(=O)N3CCC[C@H](c4nc5ccccc5[nH]4)C3)c12. The molecule has 0 radical (unpaired) electrons. The molecule has 3 aromatic heterocycles. The summed E-state index contributed by atoms with van der Waals surface area (Å²) < 4.78 is 1.81. The molecule has 7 nitrogen and oxygen atoms in total. The van der Waals surface area contributed by atoms with Gasteiger partial charge in [-0.15, -0.1) is 0 Å². The Labute approximate surface area is 180 Å². The minimum atomic E-state index is 0.0891. The van der Waals surface area contributed by atoms with Crippen LogP contribution in [-0.2, 0) is 7.05 Å². The number of pyridine rings is 1. The predicted octanol–water partition coefficient (Wildman–Crippen LogP) is 4.05. The zero-order valence-corrected chi connectivity index (χ0v) is 17.9. The van der Waals surface area contributed by atoms with Crippen molar-refractivity contribution in [2.45, 2.75) is 44.4 Å². The summed E-state index contributed by atoms with van der Waals surface area (Å²) in [4.78, 5) is 28.9. The first-order chi connectivity index (χ1) is 15.1. The van der Waals surface area contributed by atoms with Gasteiger partial charge in [-0.3, -0.25) is 9.48 Å². The molecule has 1 aliphatic heterocycles. The first kappa shape index (κ1) is 18.5. The molecule has 4 heterocycles. The number of rotatable bonds is 3. The van der Waals surface area contributed by atoms with Crippen molar-refractivity contribution in [2.75, 3.05) is 13.1 Å². The number of carbonyl (C=O) groups is 1. The van der Waals surface area contributed by atoms with Crippen LogP contribution >= 0.6 is 0 Å². The van der Waals surface area contributed by atoms with Crippen molar-refractivity contribution in [3.8, 4) is 0 Å². The number of benzene rings is 1. The van der Waals surface area contributed by atoms with Gasteiger partial charge in [0.15, 0.2) is 5.65 Å². The van der Waals surface area contributed by atoms with Crippen LogP contribution in [0.1, 0.15) is 65.1 Å². The highest BCUT2D eigenvalue weighted by Gasteiger charge is 2.32. The first-order valence-electron chi connectivity index (χ1n) is 11.2. The van der Waals surface area contributed by atoms with Crippen molar-refractivity contribution in [3.63, 3.8) is 0 Å². The number of H-pyrrole nitrogens is 1. The number of hydrogen-bond donors (Lipinski definition) is 1. The second kappa shape index (κ2) is 6.90. The number of aromatic amines is 1. The van der Waals surface area contributed by atoms with E-state index >= 15 is 0 Å². The first-order valence-corrected chi connectivity index (χ1v) is 11.2. The van der Waals surface area contributed by atoms with E-state index in [1.165, 1.54) is 0 Å². The Balaban J connectivity index is 1.35. The Morgan fingerprint density at radius 2 is 1.97 bits per heavy atom. The van der Waals surface area contributed by atoms with E-state index in [1.54, 1.807) is 4.68 Å². The molecule has 1 aromatic carbocycles. The third-order valence-corrected chi connectivity index (χ3v) is 6.72. The largest absolute Gasteiger partial charge is 0.342 e. The minimum absolute atomic E-state index is 0.0891. The molecular weight excluding hydrogens is 388 g/mol. The highest BCUT2D eigenvalue weighted by Crippen LogP contribution is 2.41. The molecular formula is C24H26N6O. The van der Waals surface area contributed by atoms with Crippen molar-refractivity contribution in [1.82, 2.24) is 29.6 Å². The van der Waals surface area contributed by atoms with Gasteiger partial charge in [0.25, 0.3) is 5.91 Å². The van der Waals surface area contributed by atoms with Crippen LogP contribution in [0.4, 0.5) is 0 Å². The summed E-state index contributed by atoms with van der Waals surface area (Å²) in [5, 5.41) is 5.45. The number of fused-ring (bicyclic) bond motifs is 2. The van der Waals surface area contributed by atoms with E-state index in [9.17, 15) is 4.79 Å².